The molecule has 0 rings (SSSR count). The van der Waals surface area contributed by atoms with Crippen molar-refractivity contribution in [3.05, 3.63) is 0 Å². The molecule has 1 unspecified atom stereocenters. The molecular weight excluding hydrogens is 164 g/mol. The molecule has 0 aliphatic carbocycles. The molecule has 0 heterocycles. The maximum Gasteiger partial charge on any atom is 0.417 e. The highest BCUT2D eigenvalue weighted by atomic mass is 16.5. The highest BCUT2D eigenvalue weighted by Crippen LogP contribution is 2.31. The van der Waals surface area contributed by atoms with E-state index in [0.29, 0.717) is 0 Å². The Morgan fingerprint density at radius 3 is 2.31 bits per heavy atom. The number of hydrogen-bond donors (Lipinski definition) is 0. The van der Waals surface area contributed by atoms with Crippen LogP contribution in [0.2, 0.25) is 0 Å². The van der Waals surface area contributed by atoms with Crippen LogP contribution in [0.1, 0.15) is 53.4 Å². The lowest BCUT2D eigenvalue weighted by Gasteiger charge is -2.32. The largest absolute Gasteiger partial charge is 0.453 e. The minimum absolute atomic E-state index is 0.0231. The van der Waals surface area contributed by atoms with Gasteiger partial charge >= 0.3 is 6.47 Å². The average molecular weight is 185 g/mol. The summed E-state index contributed by atoms with van der Waals surface area (Å²) in [5.74, 6) is 0. The summed E-state index contributed by atoms with van der Waals surface area (Å²) < 4.78 is 4.99. The summed E-state index contributed by atoms with van der Waals surface area (Å²) in [6.07, 6.45) is 4.20. The molecule has 1 atom stereocenters. The molecule has 0 saturated heterocycles. The third-order valence-corrected chi connectivity index (χ3v) is 2.51. The molecule has 77 valence electrons. The van der Waals surface area contributed by atoms with Crippen molar-refractivity contribution in [1.29, 1.82) is 0 Å². The van der Waals surface area contributed by atoms with Gasteiger partial charge in [0, 0.05) is 5.41 Å². The highest BCUT2D eigenvalue weighted by Gasteiger charge is 2.29. The van der Waals surface area contributed by atoms with Gasteiger partial charge in [-0.2, -0.15) is 0 Å². The fourth-order valence-corrected chi connectivity index (χ4v) is 1.73. The molecule has 0 fully saturated rings. The molecule has 13 heavy (non-hydrogen) atoms. The normalized spacial score (nSPS) is 13.8. The fraction of sp³-hybridized carbons (Fsp3) is 0.909. The molecular formula is C11H21O2. The Morgan fingerprint density at radius 2 is 1.92 bits per heavy atom. The van der Waals surface area contributed by atoms with Crippen LogP contribution in [0.5, 0.6) is 0 Å². The Labute approximate surface area is 81.7 Å². The molecule has 0 aliphatic heterocycles. The van der Waals surface area contributed by atoms with Crippen molar-refractivity contribution in [3.63, 3.8) is 0 Å². The van der Waals surface area contributed by atoms with Gasteiger partial charge in [0.05, 0.1) is 0 Å². The Kier molecular flexibility index (Phi) is 5.76. The Bertz CT molecular complexity index is 141. The molecule has 0 spiro atoms. The lowest BCUT2D eigenvalue weighted by Crippen LogP contribution is -2.31. The number of rotatable bonds is 7. The van der Waals surface area contributed by atoms with E-state index in [1.165, 1.54) is 0 Å². The van der Waals surface area contributed by atoms with E-state index in [4.69, 9.17) is 4.74 Å². The molecule has 0 aromatic carbocycles. The summed E-state index contributed by atoms with van der Waals surface area (Å²) >= 11 is 0. The van der Waals surface area contributed by atoms with Gasteiger partial charge < -0.3 is 4.74 Å². The van der Waals surface area contributed by atoms with Gasteiger partial charge in [0.2, 0.25) is 0 Å². The molecule has 0 saturated carbocycles. The van der Waals surface area contributed by atoms with Crippen molar-refractivity contribution in [2.75, 3.05) is 0 Å². The minimum Gasteiger partial charge on any atom is -0.453 e. The second-order valence-electron chi connectivity index (χ2n) is 4.22. The van der Waals surface area contributed by atoms with Crippen LogP contribution in [-0.2, 0) is 9.53 Å². The van der Waals surface area contributed by atoms with Crippen molar-refractivity contribution >= 4 is 6.47 Å². The van der Waals surface area contributed by atoms with Gasteiger partial charge in [-0.1, -0.05) is 40.5 Å². The minimum atomic E-state index is 0.0231. The lowest BCUT2D eigenvalue weighted by molar-refractivity contribution is 0.0444. The van der Waals surface area contributed by atoms with Gasteiger partial charge in [-0.25, -0.2) is 4.79 Å². The van der Waals surface area contributed by atoms with Crippen LogP contribution < -0.4 is 0 Å². The third kappa shape index (κ3) is 4.30. The van der Waals surface area contributed by atoms with Gasteiger partial charge in [0.1, 0.15) is 6.10 Å². The maximum absolute atomic E-state index is 10.2. The SMILES string of the molecule is CCCC(O[C]=O)C(C)(C)CCC. The van der Waals surface area contributed by atoms with E-state index >= 15 is 0 Å². The second kappa shape index (κ2) is 6.01. The summed E-state index contributed by atoms with van der Waals surface area (Å²) in [4.78, 5) is 10.2. The zero-order valence-electron chi connectivity index (χ0n) is 9.22. The van der Waals surface area contributed by atoms with E-state index in [-0.39, 0.29) is 11.5 Å². The van der Waals surface area contributed by atoms with Crippen LogP contribution in [0.3, 0.4) is 0 Å². The number of ether oxygens (including phenoxy) is 1. The molecule has 2 nitrogen and oxygen atoms in total. The van der Waals surface area contributed by atoms with Crippen molar-refractivity contribution in [2.45, 2.75) is 59.5 Å². The molecule has 0 amide bonds. The van der Waals surface area contributed by atoms with Crippen LogP contribution in [-0.4, -0.2) is 12.6 Å². The summed E-state index contributed by atoms with van der Waals surface area (Å²) in [6, 6.07) is 0. The third-order valence-electron chi connectivity index (χ3n) is 2.51. The molecule has 1 radical (unpaired) electrons. The van der Waals surface area contributed by atoms with Crippen LogP contribution in [0.4, 0.5) is 0 Å². The van der Waals surface area contributed by atoms with Gasteiger partial charge in [-0.15, -0.1) is 0 Å². The quantitative estimate of drug-likeness (QED) is 0.609. The van der Waals surface area contributed by atoms with Gasteiger partial charge in [-0.05, 0) is 12.8 Å². The maximum atomic E-state index is 10.2. The van der Waals surface area contributed by atoms with Gasteiger partial charge in [0.15, 0.2) is 0 Å². The second-order valence-corrected chi connectivity index (χ2v) is 4.22. The first-order valence-electron chi connectivity index (χ1n) is 5.11. The van der Waals surface area contributed by atoms with Crippen molar-refractivity contribution < 1.29 is 9.53 Å². The first kappa shape index (κ1) is 12.5. The van der Waals surface area contributed by atoms with E-state index in [9.17, 15) is 4.79 Å². The van der Waals surface area contributed by atoms with E-state index in [1.54, 1.807) is 6.47 Å². The monoisotopic (exact) mass is 185 g/mol. The smallest absolute Gasteiger partial charge is 0.417 e. The predicted molar refractivity (Wildman–Crippen MR) is 54.2 cm³/mol. The number of carbonyl (C=O) groups excluding carboxylic acids is 1. The summed E-state index contributed by atoms with van der Waals surface area (Å²) in [6.45, 7) is 10.1. The van der Waals surface area contributed by atoms with E-state index < -0.39 is 0 Å². The molecule has 0 aromatic heterocycles. The zero-order valence-corrected chi connectivity index (χ0v) is 9.22. The summed E-state index contributed by atoms with van der Waals surface area (Å²) in [5, 5.41) is 0. The van der Waals surface area contributed by atoms with Crippen LogP contribution in [0, 0.1) is 5.41 Å². The predicted octanol–water partition coefficient (Wildman–Crippen LogP) is 3.07. The standard InChI is InChI=1S/C11H21O2/c1-5-7-10(13-9-12)11(3,4)8-6-2/h10H,5-8H2,1-4H3. The van der Waals surface area contributed by atoms with Crippen LogP contribution >= 0.6 is 0 Å². The van der Waals surface area contributed by atoms with Crippen LogP contribution in [0.25, 0.3) is 0 Å². The van der Waals surface area contributed by atoms with Gasteiger partial charge in [-0.3, -0.25) is 0 Å². The average Bonchev–Trinajstić information content (AvgIpc) is 2.04. The van der Waals surface area contributed by atoms with Crippen LogP contribution in [0.15, 0.2) is 0 Å². The number of hydrogen-bond acceptors (Lipinski definition) is 2. The Morgan fingerprint density at radius 1 is 1.31 bits per heavy atom. The van der Waals surface area contributed by atoms with E-state index in [0.717, 1.165) is 25.7 Å². The lowest BCUT2D eigenvalue weighted by atomic mass is 9.80. The van der Waals surface area contributed by atoms with E-state index in [2.05, 4.69) is 27.7 Å². The first-order valence-corrected chi connectivity index (χ1v) is 5.11. The molecule has 0 aromatic rings. The highest BCUT2D eigenvalue weighted by molar-refractivity contribution is 5.38. The zero-order chi connectivity index (χ0) is 10.3. The summed E-state index contributed by atoms with van der Waals surface area (Å²) in [7, 11) is 0. The van der Waals surface area contributed by atoms with Crippen molar-refractivity contribution in [2.24, 2.45) is 5.41 Å². The van der Waals surface area contributed by atoms with E-state index in [1.807, 2.05) is 0 Å². The van der Waals surface area contributed by atoms with Crippen molar-refractivity contribution in [1.82, 2.24) is 0 Å². The fourth-order valence-electron chi connectivity index (χ4n) is 1.73. The Balaban J connectivity index is 4.21. The molecule has 0 N–H and O–H groups in total. The molecule has 0 bridgehead atoms. The summed E-state index contributed by atoms with van der Waals surface area (Å²) in [5.41, 5.74) is 0.0855. The van der Waals surface area contributed by atoms with Gasteiger partial charge in [0.25, 0.3) is 0 Å². The molecule has 2 heteroatoms. The topological polar surface area (TPSA) is 26.3 Å². The first-order chi connectivity index (χ1) is 6.08. The molecule has 0 aliphatic rings. The van der Waals surface area contributed by atoms with Crippen molar-refractivity contribution in [3.8, 4) is 0 Å². The Hall–Kier alpha value is -0.530.